The van der Waals surface area contributed by atoms with E-state index in [-0.39, 0.29) is 55.6 Å². The third-order valence-electron chi connectivity index (χ3n) is 13.7. The highest BCUT2D eigenvalue weighted by atomic mass is 32.1. The molecule has 0 aliphatic carbocycles. The Morgan fingerprint density at radius 1 is 0.702 bits per heavy atom. The topological polar surface area (TPSA) is 399 Å². The summed E-state index contributed by atoms with van der Waals surface area (Å²) in [5.74, 6) is -14.9. The van der Waals surface area contributed by atoms with Crippen LogP contribution in [0.15, 0.2) is 30.5 Å². The smallest absolute Gasteiger partial charge is 0.303 e. The summed E-state index contributed by atoms with van der Waals surface area (Å²) < 4.78 is 27.8. The molecule has 3 heterocycles. The SMILES string of the molecule is CC(=O)N[C@@H](CCC(=O)O)C(=O)N[C@@H](CS)C(=O)N[C@@H](CCCC(=O)O)C(=O)N[C@@H](CS)C(=O)N[C@@H](CCCC(=O)O)C(=O)NCC(=O)N1CCN(CCCN(C)c2ccc3nccc(C(=O)NCC(=O)N4CC(F)(F)C[C@H]4C#N)c3c2)CC1. The highest BCUT2D eigenvalue weighted by molar-refractivity contribution is 7.80. The van der Waals surface area contributed by atoms with Gasteiger partial charge in [0.1, 0.15) is 36.3 Å². The molecule has 0 unspecified atom stereocenters. The monoisotopic (exact) mass is 1220 g/mol. The molecule has 28 nitrogen and oxygen atoms in total. The van der Waals surface area contributed by atoms with Gasteiger partial charge in [0.05, 0.1) is 36.8 Å². The predicted octanol–water partition coefficient (Wildman–Crippen LogP) is -1.51. The molecule has 2 aliphatic rings. The van der Waals surface area contributed by atoms with Crippen LogP contribution in [-0.2, 0) is 52.7 Å². The van der Waals surface area contributed by atoms with Crippen molar-refractivity contribution in [1.29, 1.82) is 5.26 Å². The molecule has 2 aromatic rings. The molecule has 2 saturated heterocycles. The van der Waals surface area contributed by atoms with E-state index in [2.05, 4.69) is 72.4 Å². The summed E-state index contributed by atoms with van der Waals surface area (Å²) in [6, 6.07) is -0.00636. The molecule has 1 aromatic carbocycles. The number of carbonyl (C=O) groups excluding carboxylic acids is 9. The molecule has 0 spiro atoms. The van der Waals surface area contributed by atoms with Crippen molar-refractivity contribution in [2.24, 2.45) is 0 Å². The lowest BCUT2D eigenvalue weighted by Crippen LogP contribution is -2.60. The number of hydrogen-bond acceptors (Lipinski definition) is 18. The number of likely N-dealkylation sites (tertiary alicyclic amines) is 1. The Hall–Kier alpha value is -7.92. The molecule has 460 valence electrons. The molecular formula is C52H71F2N13O15S2. The van der Waals surface area contributed by atoms with E-state index in [1.54, 1.807) is 23.1 Å². The number of piperazine rings is 1. The third kappa shape index (κ3) is 22.0. The Labute approximate surface area is 492 Å². The summed E-state index contributed by atoms with van der Waals surface area (Å²) in [7, 11) is 1.86. The van der Waals surface area contributed by atoms with Crippen molar-refractivity contribution in [1.82, 2.24) is 56.9 Å². The molecule has 6 atom stereocenters. The number of nitriles is 1. The number of thiol groups is 2. The highest BCUT2D eigenvalue weighted by Gasteiger charge is 2.47. The van der Waals surface area contributed by atoms with E-state index in [1.165, 1.54) is 12.3 Å². The zero-order valence-electron chi connectivity index (χ0n) is 46.3. The van der Waals surface area contributed by atoms with Crippen LogP contribution >= 0.6 is 25.3 Å². The largest absolute Gasteiger partial charge is 0.481 e. The van der Waals surface area contributed by atoms with Crippen LogP contribution in [-0.4, -0.2) is 226 Å². The molecule has 0 bridgehead atoms. The zero-order valence-corrected chi connectivity index (χ0v) is 48.1. The molecule has 4 rings (SSSR count). The van der Waals surface area contributed by atoms with E-state index >= 15 is 0 Å². The Morgan fingerprint density at radius 2 is 1.23 bits per heavy atom. The van der Waals surface area contributed by atoms with Gasteiger partial charge >= 0.3 is 17.9 Å². The van der Waals surface area contributed by atoms with Gasteiger partial charge in [0.15, 0.2) is 0 Å². The summed E-state index contributed by atoms with van der Waals surface area (Å²) >= 11 is 8.28. The van der Waals surface area contributed by atoms with Crippen molar-refractivity contribution in [3.8, 4) is 6.07 Å². The number of halogens is 2. The Balaban J connectivity index is 1.29. The van der Waals surface area contributed by atoms with Gasteiger partial charge in [-0.1, -0.05) is 0 Å². The number of carbonyl (C=O) groups is 12. The van der Waals surface area contributed by atoms with Gasteiger partial charge in [0.2, 0.25) is 47.3 Å². The van der Waals surface area contributed by atoms with Crippen molar-refractivity contribution in [2.45, 2.75) is 113 Å². The van der Waals surface area contributed by atoms with Crippen molar-refractivity contribution >= 4 is 113 Å². The summed E-state index contributed by atoms with van der Waals surface area (Å²) in [5, 5.41) is 54.2. The quantitative estimate of drug-likeness (QED) is 0.0362. The van der Waals surface area contributed by atoms with Gasteiger partial charge in [-0.25, -0.2) is 8.78 Å². The number of fused-ring (bicyclic) bond motifs is 1. The van der Waals surface area contributed by atoms with Gasteiger partial charge in [-0.2, -0.15) is 30.5 Å². The standard InChI is InChI=1S/C52H71F2N13O15S2/c1-30(68)59-38(12-13-45(75)76)49(80)63-40(28-84)51(82)61-37(7-4-9-44(73)74)48(79)62-39(27-83)50(81)60-36(6-3-8-43(71)72)47(78)58-25-41(69)66-20-18-65(19-21-66)17-5-16-64(2)31-10-11-35-34(22-31)33(14-15-56-35)46(77)57-26-42(70)67-29-52(53,54)23-32(67)24-55/h10-11,14-15,22,32,36-40,83-84H,3-9,12-13,16-21,23,25-29H2,1-2H3,(H,57,77)(H,58,78)(H,59,68)(H,60,81)(H,61,82)(H,62,79)(H,63,80)(H,71,72)(H,73,74)(H,75,76)/t32-,36-,37-,38-,39-,40-/m0/s1. The molecule has 32 heteroatoms. The number of pyridine rings is 1. The normalized spacial score (nSPS) is 16.5. The summed E-state index contributed by atoms with van der Waals surface area (Å²) in [6.07, 6.45) is -1.04. The minimum atomic E-state index is -3.20. The van der Waals surface area contributed by atoms with E-state index < -0.39 is 152 Å². The fourth-order valence-electron chi connectivity index (χ4n) is 9.11. The van der Waals surface area contributed by atoms with Crippen molar-refractivity contribution in [2.75, 3.05) is 82.4 Å². The van der Waals surface area contributed by atoms with E-state index in [1.807, 2.05) is 18.0 Å². The second-order valence-corrected chi connectivity index (χ2v) is 20.8. The summed E-state index contributed by atoms with van der Waals surface area (Å²) in [6.45, 7) is 1.99. The van der Waals surface area contributed by atoms with Crippen LogP contribution < -0.4 is 42.1 Å². The maximum absolute atomic E-state index is 13.9. The average molecular weight is 1220 g/mol. The molecular weight excluding hydrogens is 1150 g/mol. The zero-order chi connectivity index (χ0) is 62.3. The Morgan fingerprint density at radius 3 is 1.76 bits per heavy atom. The first-order valence-electron chi connectivity index (χ1n) is 26.8. The maximum atomic E-state index is 13.9. The van der Waals surface area contributed by atoms with Gasteiger partial charge < -0.3 is 67.2 Å². The van der Waals surface area contributed by atoms with E-state index in [9.17, 15) is 81.8 Å². The van der Waals surface area contributed by atoms with Crippen LogP contribution in [0.3, 0.4) is 0 Å². The summed E-state index contributed by atoms with van der Waals surface area (Å²) in [5.41, 5.74) is 1.46. The van der Waals surface area contributed by atoms with E-state index in [0.717, 1.165) is 17.5 Å². The second-order valence-electron chi connectivity index (χ2n) is 20.1. The number of amides is 9. The first-order chi connectivity index (χ1) is 39.7. The lowest BCUT2D eigenvalue weighted by Gasteiger charge is -2.35. The number of alkyl halides is 2. The molecule has 9 amide bonds. The van der Waals surface area contributed by atoms with Gasteiger partial charge in [-0.3, -0.25) is 67.4 Å². The number of carboxylic acid groups (broad SMARTS) is 3. The Kier molecular flexibility index (Phi) is 27.3. The first kappa shape index (κ1) is 68.6. The lowest BCUT2D eigenvalue weighted by molar-refractivity contribution is -0.139. The second kappa shape index (κ2) is 33.4. The lowest BCUT2D eigenvalue weighted by atomic mass is 10.1. The number of anilines is 1. The number of nitrogens with zero attached hydrogens (tertiary/aromatic N) is 6. The summed E-state index contributed by atoms with van der Waals surface area (Å²) in [4.78, 5) is 163. The van der Waals surface area contributed by atoms with Crippen molar-refractivity contribution in [3.63, 3.8) is 0 Å². The predicted molar refractivity (Wildman–Crippen MR) is 302 cm³/mol. The van der Waals surface area contributed by atoms with Crippen LogP contribution in [0.25, 0.3) is 10.9 Å². The van der Waals surface area contributed by atoms with Crippen molar-refractivity contribution in [3.05, 3.63) is 36.0 Å². The highest BCUT2D eigenvalue weighted by Crippen LogP contribution is 2.32. The van der Waals surface area contributed by atoms with Crippen molar-refractivity contribution < 1.29 is 81.6 Å². The minimum Gasteiger partial charge on any atom is -0.481 e. The van der Waals surface area contributed by atoms with Crippen LogP contribution in [0.4, 0.5) is 14.5 Å². The number of nitrogens with one attached hydrogen (secondary N) is 7. The molecule has 0 radical (unpaired) electrons. The van der Waals surface area contributed by atoms with Crippen LogP contribution in [0.1, 0.15) is 81.5 Å². The fourth-order valence-corrected chi connectivity index (χ4v) is 9.62. The fraction of sp³-hybridized carbons (Fsp3) is 0.577. The molecule has 2 fully saturated rings. The first-order valence-corrected chi connectivity index (χ1v) is 28.1. The van der Waals surface area contributed by atoms with Crippen LogP contribution in [0.5, 0.6) is 0 Å². The number of carboxylic acids is 3. The molecule has 1 aromatic heterocycles. The van der Waals surface area contributed by atoms with Gasteiger partial charge in [-0.05, 0) is 69.3 Å². The van der Waals surface area contributed by atoms with E-state index in [0.29, 0.717) is 56.6 Å². The van der Waals surface area contributed by atoms with E-state index in [4.69, 9.17) is 5.11 Å². The van der Waals surface area contributed by atoms with Gasteiger partial charge in [0, 0.05) is 101 Å². The van der Waals surface area contributed by atoms with Gasteiger partial charge in [-0.15, -0.1) is 0 Å². The number of hydrogen-bond donors (Lipinski definition) is 12. The number of rotatable bonds is 33. The van der Waals surface area contributed by atoms with Gasteiger partial charge in [0.25, 0.3) is 11.8 Å². The number of aliphatic carboxylic acids is 3. The maximum Gasteiger partial charge on any atom is 0.303 e. The Bertz CT molecular complexity index is 2790. The molecule has 0 saturated carbocycles. The minimum absolute atomic E-state index is 0.0888. The third-order valence-corrected chi connectivity index (χ3v) is 14.4. The number of aromatic nitrogens is 1. The average Bonchev–Trinajstić information content (AvgIpc) is 3.34. The molecule has 10 N–H and O–H groups in total. The van der Waals surface area contributed by atoms with Crippen LogP contribution in [0.2, 0.25) is 0 Å². The van der Waals surface area contributed by atoms with Crippen LogP contribution in [0, 0.1) is 11.3 Å². The molecule has 84 heavy (non-hydrogen) atoms. The molecule has 2 aliphatic heterocycles. The number of benzene rings is 1.